The van der Waals surface area contributed by atoms with Crippen molar-refractivity contribution in [1.29, 1.82) is 0 Å². The minimum atomic E-state index is -1.17. The molecule has 1 unspecified atom stereocenters. The smallest absolute Gasteiger partial charge is 0.328 e. The van der Waals surface area contributed by atoms with Crippen LogP contribution >= 0.6 is 11.6 Å². The summed E-state index contributed by atoms with van der Waals surface area (Å²) in [5.74, 6) is -2.77. The predicted octanol–water partition coefficient (Wildman–Crippen LogP) is 2.80. The van der Waals surface area contributed by atoms with Crippen molar-refractivity contribution in [3.05, 3.63) is 53.3 Å². The van der Waals surface area contributed by atoms with Gasteiger partial charge in [0, 0.05) is 6.54 Å². The maximum Gasteiger partial charge on any atom is 0.328 e. The van der Waals surface area contributed by atoms with Crippen molar-refractivity contribution < 1.29 is 23.5 Å². The van der Waals surface area contributed by atoms with E-state index >= 15 is 0 Å². The Morgan fingerprint density at radius 3 is 2.74 bits per heavy atom. The molecule has 0 radical (unpaired) electrons. The largest absolute Gasteiger partial charge is 0.495 e. The number of rotatable bonds is 4. The average molecular weight is 392 g/mol. The monoisotopic (exact) mass is 391 g/mol. The number of methoxy groups -OCH3 is 1. The van der Waals surface area contributed by atoms with E-state index in [1.54, 1.807) is 24.3 Å². The Morgan fingerprint density at radius 1 is 1.30 bits per heavy atom. The van der Waals surface area contributed by atoms with Crippen LogP contribution in [-0.4, -0.2) is 31.5 Å². The number of benzene rings is 2. The van der Waals surface area contributed by atoms with Gasteiger partial charge in [0.1, 0.15) is 17.5 Å². The van der Waals surface area contributed by atoms with Crippen LogP contribution in [0, 0.1) is 11.7 Å². The highest BCUT2D eigenvalue weighted by atomic mass is 35.5. The average Bonchev–Trinajstić information content (AvgIpc) is 2.65. The third kappa shape index (κ3) is 3.70. The van der Waals surface area contributed by atoms with Crippen LogP contribution in [0.15, 0.2) is 42.5 Å². The third-order valence-corrected chi connectivity index (χ3v) is 4.31. The van der Waals surface area contributed by atoms with Gasteiger partial charge in [-0.2, -0.15) is 0 Å². The number of hydrogen-bond donors (Lipinski definition) is 2. The number of carbonyl (C=O) groups is 3. The van der Waals surface area contributed by atoms with E-state index in [1.807, 2.05) is 0 Å². The Kier molecular flexibility index (Phi) is 5.27. The third-order valence-electron chi connectivity index (χ3n) is 4.02. The van der Waals surface area contributed by atoms with Crippen LogP contribution in [0.1, 0.15) is 0 Å². The molecule has 2 aromatic carbocycles. The zero-order chi connectivity index (χ0) is 19.6. The van der Waals surface area contributed by atoms with E-state index in [0.717, 1.165) is 17.0 Å². The Hall–Kier alpha value is -3.13. The lowest BCUT2D eigenvalue weighted by Gasteiger charge is -2.30. The quantitative estimate of drug-likeness (QED) is 0.784. The molecule has 0 aliphatic carbocycles. The van der Waals surface area contributed by atoms with E-state index < -0.39 is 29.6 Å². The van der Waals surface area contributed by atoms with Gasteiger partial charge in [0.05, 0.1) is 23.5 Å². The molecule has 2 N–H and O–H groups in total. The van der Waals surface area contributed by atoms with Gasteiger partial charge >= 0.3 is 6.03 Å². The molecule has 1 aliphatic heterocycles. The van der Waals surface area contributed by atoms with Gasteiger partial charge in [-0.25, -0.2) is 14.1 Å². The molecule has 1 aliphatic rings. The van der Waals surface area contributed by atoms with E-state index in [2.05, 4.69) is 10.6 Å². The van der Waals surface area contributed by atoms with Gasteiger partial charge in [-0.3, -0.25) is 9.59 Å². The van der Waals surface area contributed by atoms with Crippen LogP contribution in [-0.2, 0) is 9.59 Å². The first-order valence-corrected chi connectivity index (χ1v) is 8.31. The molecule has 27 heavy (non-hydrogen) atoms. The highest BCUT2D eigenvalue weighted by Gasteiger charge is 2.39. The zero-order valence-electron chi connectivity index (χ0n) is 14.2. The van der Waals surface area contributed by atoms with E-state index in [9.17, 15) is 18.8 Å². The lowest BCUT2D eigenvalue weighted by Crippen LogP contribution is -2.58. The maximum absolute atomic E-state index is 13.4. The first kappa shape index (κ1) is 18.7. The van der Waals surface area contributed by atoms with Crippen molar-refractivity contribution in [3.63, 3.8) is 0 Å². The number of nitrogens with one attached hydrogen (secondary N) is 2. The standard InChI is InChI=1S/C18H15ClFN3O4/c1-27-15-5-3-2-4-14(15)22-16(24)11-9-21-18(26)23(17(11)25)10-6-7-13(20)12(19)8-10/h2-8,11H,9H2,1H3,(H,21,26)(H,22,24). The number of para-hydroxylation sites is 2. The van der Waals surface area contributed by atoms with Crippen molar-refractivity contribution in [2.75, 3.05) is 23.9 Å². The highest BCUT2D eigenvalue weighted by molar-refractivity contribution is 6.31. The molecule has 4 amide bonds. The molecule has 0 saturated carbocycles. The van der Waals surface area contributed by atoms with Crippen LogP contribution in [0.4, 0.5) is 20.6 Å². The van der Waals surface area contributed by atoms with Gasteiger partial charge in [0.2, 0.25) is 11.8 Å². The maximum atomic E-state index is 13.4. The molecule has 0 bridgehead atoms. The summed E-state index contributed by atoms with van der Waals surface area (Å²) in [6, 6.07) is 9.43. The fraction of sp³-hybridized carbons (Fsp3) is 0.167. The minimum absolute atomic E-state index is 0.0682. The van der Waals surface area contributed by atoms with Crippen LogP contribution in [0.25, 0.3) is 0 Å². The molecule has 140 valence electrons. The van der Waals surface area contributed by atoms with Gasteiger partial charge in [-0.05, 0) is 30.3 Å². The van der Waals surface area contributed by atoms with Gasteiger partial charge in [0.15, 0.2) is 0 Å². The second-order valence-electron chi connectivity index (χ2n) is 5.70. The van der Waals surface area contributed by atoms with Crippen molar-refractivity contribution in [2.45, 2.75) is 0 Å². The normalized spacial score (nSPS) is 16.7. The van der Waals surface area contributed by atoms with Gasteiger partial charge < -0.3 is 15.4 Å². The number of halogens is 2. The molecule has 0 spiro atoms. The first-order valence-electron chi connectivity index (χ1n) is 7.93. The number of anilines is 2. The van der Waals surface area contributed by atoms with E-state index in [-0.39, 0.29) is 17.3 Å². The second-order valence-corrected chi connectivity index (χ2v) is 6.11. The van der Waals surface area contributed by atoms with Gasteiger partial charge in [-0.15, -0.1) is 0 Å². The number of urea groups is 1. The molecule has 1 saturated heterocycles. The molecule has 3 rings (SSSR count). The summed E-state index contributed by atoms with van der Waals surface area (Å²) in [5.41, 5.74) is 0.463. The summed E-state index contributed by atoms with van der Waals surface area (Å²) >= 11 is 5.73. The summed E-state index contributed by atoms with van der Waals surface area (Å²) < 4.78 is 18.5. The Bertz CT molecular complexity index is 921. The zero-order valence-corrected chi connectivity index (χ0v) is 14.9. The van der Waals surface area contributed by atoms with E-state index in [1.165, 1.54) is 13.2 Å². The number of amides is 4. The lowest BCUT2D eigenvalue weighted by molar-refractivity contribution is -0.130. The first-order chi connectivity index (χ1) is 12.9. The SMILES string of the molecule is COc1ccccc1NC(=O)C1CNC(=O)N(c2ccc(F)c(Cl)c2)C1=O. The van der Waals surface area contributed by atoms with Crippen LogP contribution in [0.3, 0.4) is 0 Å². The summed E-state index contributed by atoms with van der Waals surface area (Å²) in [4.78, 5) is 38.3. The number of hydrogen-bond acceptors (Lipinski definition) is 4. The Labute approximate surface area is 159 Å². The number of ether oxygens (including phenoxy) is 1. The number of imide groups is 1. The molecule has 9 heteroatoms. The van der Waals surface area contributed by atoms with Crippen molar-refractivity contribution in [1.82, 2.24) is 5.32 Å². The summed E-state index contributed by atoms with van der Waals surface area (Å²) in [6.07, 6.45) is 0. The summed E-state index contributed by atoms with van der Waals surface area (Å²) in [7, 11) is 1.46. The second kappa shape index (κ2) is 7.63. The molecular formula is C18H15ClFN3O4. The summed E-state index contributed by atoms with van der Waals surface area (Å²) in [6.45, 7) is -0.163. The van der Waals surface area contributed by atoms with Crippen molar-refractivity contribution in [3.8, 4) is 5.75 Å². The molecule has 1 atom stereocenters. The molecule has 0 aromatic heterocycles. The van der Waals surface area contributed by atoms with Crippen LogP contribution in [0.2, 0.25) is 5.02 Å². The van der Waals surface area contributed by atoms with Crippen molar-refractivity contribution in [2.24, 2.45) is 5.92 Å². The Morgan fingerprint density at radius 2 is 2.04 bits per heavy atom. The fourth-order valence-electron chi connectivity index (χ4n) is 2.65. The Balaban J connectivity index is 1.84. The number of carbonyl (C=O) groups excluding carboxylic acids is 3. The van der Waals surface area contributed by atoms with Crippen molar-refractivity contribution >= 4 is 40.8 Å². The van der Waals surface area contributed by atoms with Crippen LogP contribution in [0.5, 0.6) is 5.75 Å². The molecule has 7 nitrogen and oxygen atoms in total. The summed E-state index contributed by atoms with van der Waals surface area (Å²) in [5, 5.41) is 4.86. The predicted molar refractivity (Wildman–Crippen MR) is 97.4 cm³/mol. The lowest BCUT2D eigenvalue weighted by atomic mass is 10.0. The molecule has 1 fully saturated rings. The van der Waals surface area contributed by atoms with E-state index in [4.69, 9.17) is 16.3 Å². The molecule has 1 heterocycles. The van der Waals surface area contributed by atoms with Gasteiger partial charge in [0.25, 0.3) is 0 Å². The highest BCUT2D eigenvalue weighted by Crippen LogP contribution is 2.27. The topological polar surface area (TPSA) is 87.7 Å². The minimum Gasteiger partial charge on any atom is -0.495 e. The van der Waals surface area contributed by atoms with Gasteiger partial charge in [-0.1, -0.05) is 23.7 Å². The molecule has 2 aromatic rings. The van der Waals surface area contributed by atoms with Crippen LogP contribution < -0.4 is 20.3 Å². The number of nitrogens with zero attached hydrogens (tertiary/aromatic N) is 1. The fourth-order valence-corrected chi connectivity index (χ4v) is 2.83. The van der Waals surface area contributed by atoms with E-state index in [0.29, 0.717) is 11.4 Å². The molecular weight excluding hydrogens is 377 g/mol.